The third kappa shape index (κ3) is 4.96. The van der Waals surface area contributed by atoms with Crippen LogP contribution in [0.4, 0.5) is 5.69 Å². The summed E-state index contributed by atoms with van der Waals surface area (Å²) in [6.45, 7) is 1.64. The summed E-state index contributed by atoms with van der Waals surface area (Å²) in [6, 6.07) is 5.93. The summed E-state index contributed by atoms with van der Waals surface area (Å²) in [5.74, 6) is -1.27. The van der Waals surface area contributed by atoms with E-state index in [9.17, 15) is 19.7 Å². The first-order valence-electron chi connectivity index (χ1n) is 6.97. The molecule has 0 aliphatic heterocycles. The average Bonchev–Trinajstić information content (AvgIpc) is 2.57. The number of nitro groups is 1. The number of benzene rings is 1. The smallest absolute Gasteiger partial charge is 0.339 e. The number of hydrogen-bond donors (Lipinski definition) is 0. The lowest BCUT2D eigenvalue weighted by Gasteiger charge is -2.20. The topological polar surface area (TPSA) is 114 Å². The third-order valence-corrected chi connectivity index (χ3v) is 3.96. The molecule has 9 heteroatoms. The summed E-state index contributed by atoms with van der Waals surface area (Å²) < 4.78 is 5.07. The Hall–Kier alpha value is -2.60. The van der Waals surface area contributed by atoms with Gasteiger partial charge in [-0.05, 0) is 25.3 Å². The molecule has 0 N–H and O–H groups in total. The van der Waals surface area contributed by atoms with E-state index in [1.54, 1.807) is 6.26 Å². The van der Waals surface area contributed by atoms with Gasteiger partial charge in [-0.2, -0.15) is 5.26 Å². The Labute approximate surface area is 143 Å². The number of rotatable bonds is 7. The minimum absolute atomic E-state index is 0.00109. The zero-order chi connectivity index (χ0) is 18.3. The van der Waals surface area contributed by atoms with Gasteiger partial charge in [0.25, 0.3) is 11.6 Å². The number of nitrogens with zero attached hydrogens (tertiary/aromatic N) is 3. The number of esters is 1. The number of carbonyl (C=O) groups excluding carboxylic acids is 2. The zero-order valence-electron chi connectivity index (χ0n) is 13.5. The van der Waals surface area contributed by atoms with E-state index in [4.69, 9.17) is 10.00 Å². The molecule has 1 aromatic rings. The van der Waals surface area contributed by atoms with Crippen molar-refractivity contribution in [2.75, 3.05) is 19.8 Å². The monoisotopic (exact) mass is 351 g/mol. The van der Waals surface area contributed by atoms with Crippen LogP contribution in [0.15, 0.2) is 23.1 Å². The van der Waals surface area contributed by atoms with E-state index in [1.807, 2.05) is 6.07 Å². The maximum absolute atomic E-state index is 12.1. The molecule has 0 spiro atoms. The van der Waals surface area contributed by atoms with Crippen LogP contribution in [0.5, 0.6) is 0 Å². The van der Waals surface area contributed by atoms with Crippen LogP contribution in [0.25, 0.3) is 0 Å². The normalized spacial score (nSPS) is 11.2. The molecule has 128 valence electrons. The van der Waals surface area contributed by atoms with Crippen molar-refractivity contribution in [2.24, 2.45) is 0 Å². The molecule has 0 bridgehead atoms. The number of nitriles is 1. The highest BCUT2D eigenvalue weighted by Crippen LogP contribution is 2.28. The molecule has 0 aliphatic rings. The average molecular weight is 351 g/mol. The largest absolute Gasteiger partial charge is 0.449 e. The number of amides is 1. The first kappa shape index (κ1) is 19.4. The molecule has 1 amide bonds. The first-order valence-corrected chi connectivity index (χ1v) is 8.19. The summed E-state index contributed by atoms with van der Waals surface area (Å²) in [5, 5.41) is 19.5. The highest BCUT2D eigenvalue weighted by molar-refractivity contribution is 7.98. The van der Waals surface area contributed by atoms with Crippen LogP contribution < -0.4 is 0 Å². The van der Waals surface area contributed by atoms with Gasteiger partial charge in [0.1, 0.15) is 0 Å². The van der Waals surface area contributed by atoms with Gasteiger partial charge in [-0.3, -0.25) is 14.9 Å². The summed E-state index contributed by atoms with van der Waals surface area (Å²) in [5.41, 5.74) is -0.194. The predicted octanol–water partition coefficient (Wildman–Crippen LogP) is 2.23. The number of ether oxygens (including phenoxy) is 1. The van der Waals surface area contributed by atoms with Crippen molar-refractivity contribution in [1.82, 2.24) is 4.90 Å². The molecule has 0 heterocycles. The minimum atomic E-state index is -1.06. The first-order chi connectivity index (χ1) is 11.3. The van der Waals surface area contributed by atoms with Crippen LogP contribution in [0.1, 0.15) is 23.7 Å². The summed E-state index contributed by atoms with van der Waals surface area (Å²) in [4.78, 5) is 36.3. The lowest BCUT2D eigenvalue weighted by molar-refractivity contribution is -0.387. The molecule has 0 saturated carbocycles. The summed E-state index contributed by atoms with van der Waals surface area (Å²) in [7, 11) is 1.50. The number of hydrogen-bond acceptors (Lipinski definition) is 7. The summed E-state index contributed by atoms with van der Waals surface area (Å²) >= 11 is 1.19. The van der Waals surface area contributed by atoms with Gasteiger partial charge in [0.15, 0.2) is 6.10 Å². The maximum atomic E-state index is 12.1. The highest BCUT2D eigenvalue weighted by atomic mass is 32.2. The second kappa shape index (κ2) is 8.88. The van der Waals surface area contributed by atoms with E-state index >= 15 is 0 Å². The van der Waals surface area contributed by atoms with Gasteiger partial charge in [-0.1, -0.05) is 0 Å². The van der Waals surface area contributed by atoms with Crippen LogP contribution in [0.2, 0.25) is 0 Å². The predicted molar refractivity (Wildman–Crippen MR) is 87.6 cm³/mol. The van der Waals surface area contributed by atoms with Gasteiger partial charge in [-0.15, -0.1) is 11.8 Å². The van der Waals surface area contributed by atoms with Crippen molar-refractivity contribution in [1.29, 1.82) is 5.26 Å². The standard InChI is InChI=1S/C15H17N3O5S/c1-10(14(19)17(2)8-4-7-16)23-15(20)11-5-6-13(24-3)12(9-11)18(21)22/h5-6,9-10H,4,8H2,1-3H3/t10-/m1/s1. The number of nitro benzene ring substituents is 1. The van der Waals surface area contributed by atoms with Gasteiger partial charge >= 0.3 is 5.97 Å². The second-order valence-corrected chi connectivity index (χ2v) is 5.71. The fourth-order valence-corrected chi connectivity index (χ4v) is 2.42. The van der Waals surface area contributed by atoms with Crippen molar-refractivity contribution in [3.8, 4) is 6.07 Å². The van der Waals surface area contributed by atoms with Gasteiger partial charge in [0, 0.05) is 19.7 Å². The molecule has 8 nitrogen and oxygen atoms in total. The van der Waals surface area contributed by atoms with Crippen LogP contribution >= 0.6 is 11.8 Å². The molecule has 1 rings (SSSR count). The Balaban J connectivity index is 2.84. The quantitative estimate of drug-likeness (QED) is 0.320. The Kier molecular flexibility index (Phi) is 7.20. The van der Waals surface area contributed by atoms with Gasteiger partial charge in [0.05, 0.1) is 27.9 Å². The van der Waals surface area contributed by atoms with Crippen LogP contribution in [-0.2, 0) is 9.53 Å². The van der Waals surface area contributed by atoms with E-state index < -0.39 is 22.9 Å². The van der Waals surface area contributed by atoms with Crippen molar-refractivity contribution in [3.05, 3.63) is 33.9 Å². The molecule has 0 unspecified atom stereocenters. The summed E-state index contributed by atoms with van der Waals surface area (Å²) in [6.07, 6.45) is 0.809. The lowest BCUT2D eigenvalue weighted by atomic mass is 10.2. The van der Waals surface area contributed by atoms with Crippen molar-refractivity contribution < 1.29 is 19.2 Å². The Bertz CT molecular complexity index is 686. The fraction of sp³-hybridized carbons (Fsp3) is 0.400. The van der Waals surface area contributed by atoms with Crippen molar-refractivity contribution in [3.63, 3.8) is 0 Å². The van der Waals surface area contributed by atoms with Crippen LogP contribution in [0, 0.1) is 21.4 Å². The SMILES string of the molecule is CSc1ccc(C(=O)O[C@H](C)C(=O)N(C)CCC#N)cc1[N+](=O)[O-]. The van der Waals surface area contributed by atoms with E-state index in [1.165, 1.54) is 42.8 Å². The minimum Gasteiger partial charge on any atom is -0.449 e. The third-order valence-electron chi connectivity index (χ3n) is 3.18. The molecule has 0 aromatic heterocycles. The second-order valence-electron chi connectivity index (χ2n) is 4.86. The van der Waals surface area contributed by atoms with E-state index in [2.05, 4.69) is 0 Å². The molecule has 0 fully saturated rings. The van der Waals surface area contributed by atoms with Crippen molar-refractivity contribution in [2.45, 2.75) is 24.3 Å². The zero-order valence-corrected chi connectivity index (χ0v) is 14.3. The highest BCUT2D eigenvalue weighted by Gasteiger charge is 2.24. The van der Waals surface area contributed by atoms with Crippen LogP contribution in [-0.4, -0.2) is 47.7 Å². The van der Waals surface area contributed by atoms with Crippen LogP contribution in [0.3, 0.4) is 0 Å². The fourth-order valence-electron chi connectivity index (χ4n) is 1.88. The molecule has 24 heavy (non-hydrogen) atoms. The number of thioether (sulfide) groups is 1. The van der Waals surface area contributed by atoms with Gasteiger partial charge in [0.2, 0.25) is 0 Å². The molecule has 1 aromatic carbocycles. The molecular formula is C15H17N3O5S. The van der Waals surface area contributed by atoms with E-state index in [0.717, 1.165) is 6.07 Å². The van der Waals surface area contributed by atoms with E-state index in [0.29, 0.717) is 4.90 Å². The Morgan fingerprint density at radius 3 is 2.71 bits per heavy atom. The Morgan fingerprint density at radius 2 is 2.17 bits per heavy atom. The molecule has 0 radical (unpaired) electrons. The molecule has 0 saturated heterocycles. The molecule has 0 aliphatic carbocycles. The van der Waals surface area contributed by atoms with Crippen molar-refractivity contribution >= 4 is 29.3 Å². The van der Waals surface area contributed by atoms with E-state index in [-0.39, 0.29) is 24.2 Å². The number of carbonyl (C=O) groups is 2. The molecule has 1 atom stereocenters. The Morgan fingerprint density at radius 1 is 1.50 bits per heavy atom. The van der Waals surface area contributed by atoms with Gasteiger partial charge < -0.3 is 9.64 Å². The molecular weight excluding hydrogens is 334 g/mol. The number of likely N-dealkylation sites (N-methyl/N-ethyl adjacent to an activating group) is 1. The lowest BCUT2D eigenvalue weighted by Crippen LogP contribution is -2.37. The van der Waals surface area contributed by atoms with Gasteiger partial charge in [-0.25, -0.2) is 4.79 Å². The maximum Gasteiger partial charge on any atom is 0.339 e.